The molecule has 5 heteroatoms. The number of hydrogen-bond acceptors (Lipinski definition) is 2. The third-order valence-corrected chi connectivity index (χ3v) is 1.84. The molecular weight excluding hydrogens is 211 g/mol. The molecule has 0 aromatic heterocycles. The minimum atomic E-state index is -1.11. The molecule has 0 saturated carbocycles. The highest BCUT2D eigenvalue weighted by molar-refractivity contribution is 6.32. The molecule has 1 N–H and O–H groups in total. The van der Waals surface area contributed by atoms with Gasteiger partial charge in [0.2, 0.25) is 0 Å². The van der Waals surface area contributed by atoms with Crippen molar-refractivity contribution in [2.75, 3.05) is 0 Å². The van der Waals surface area contributed by atoms with Crippen LogP contribution in [0.3, 0.4) is 0 Å². The van der Waals surface area contributed by atoms with Crippen LogP contribution in [0.15, 0.2) is 18.2 Å². The van der Waals surface area contributed by atoms with Crippen molar-refractivity contribution in [3.05, 3.63) is 29.0 Å². The maximum atomic E-state index is 12.6. The second-order valence-electron chi connectivity index (χ2n) is 2.67. The summed E-state index contributed by atoms with van der Waals surface area (Å²) in [5.41, 5.74) is 0. The molecule has 14 heavy (non-hydrogen) atoms. The Bertz CT molecular complexity index is 354. The van der Waals surface area contributed by atoms with Gasteiger partial charge < -0.3 is 9.84 Å². The summed E-state index contributed by atoms with van der Waals surface area (Å²) >= 11 is 5.62. The summed E-state index contributed by atoms with van der Waals surface area (Å²) in [6.07, 6.45) is -1.02. The first-order chi connectivity index (χ1) is 6.50. The number of carboxylic acids is 1. The fourth-order valence-electron chi connectivity index (χ4n) is 0.812. The van der Waals surface area contributed by atoms with Gasteiger partial charge in [-0.05, 0) is 25.1 Å². The van der Waals surface area contributed by atoms with Crippen LogP contribution in [0.2, 0.25) is 5.02 Å². The molecule has 0 unspecified atom stereocenters. The lowest BCUT2D eigenvalue weighted by Crippen LogP contribution is -2.22. The van der Waals surface area contributed by atoms with Crippen LogP contribution in [0.5, 0.6) is 5.75 Å². The fourth-order valence-corrected chi connectivity index (χ4v) is 1.02. The van der Waals surface area contributed by atoms with E-state index in [1.54, 1.807) is 0 Å². The van der Waals surface area contributed by atoms with E-state index < -0.39 is 17.9 Å². The zero-order chi connectivity index (χ0) is 10.7. The number of carboxylic acid groups (broad SMARTS) is 1. The molecule has 0 amide bonds. The Labute approximate surface area is 85.1 Å². The van der Waals surface area contributed by atoms with E-state index in [-0.39, 0.29) is 10.8 Å². The van der Waals surface area contributed by atoms with Crippen molar-refractivity contribution in [1.82, 2.24) is 0 Å². The average Bonchev–Trinajstić information content (AvgIpc) is 2.09. The van der Waals surface area contributed by atoms with Crippen molar-refractivity contribution >= 4 is 17.6 Å². The molecule has 1 rings (SSSR count). The second kappa shape index (κ2) is 4.28. The van der Waals surface area contributed by atoms with E-state index in [1.807, 2.05) is 0 Å². The molecule has 1 aromatic rings. The summed E-state index contributed by atoms with van der Waals surface area (Å²) in [4.78, 5) is 10.4. The van der Waals surface area contributed by atoms with E-state index in [0.717, 1.165) is 12.1 Å². The van der Waals surface area contributed by atoms with Crippen molar-refractivity contribution in [3.63, 3.8) is 0 Å². The van der Waals surface area contributed by atoms with Crippen LogP contribution in [0.4, 0.5) is 4.39 Å². The molecule has 0 saturated heterocycles. The number of ether oxygens (including phenoxy) is 1. The van der Waals surface area contributed by atoms with E-state index in [2.05, 4.69) is 0 Å². The van der Waals surface area contributed by atoms with Crippen LogP contribution < -0.4 is 4.74 Å². The third kappa shape index (κ3) is 2.60. The smallest absolute Gasteiger partial charge is 0.344 e. The van der Waals surface area contributed by atoms with Crippen LogP contribution in [0, 0.1) is 5.82 Å². The summed E-state index contributed by atoms with van der Waals surface area (Å²) < 4.78 is 17.6. The van der Waals surface area contributed by atoms with E-state index in [0.29, 0.717) is 0 Å². The topological polar surface area (TPSA) is 46.5 Å². The van der Waals surface area contributed by atoms with Crippen molar-refractivity contribution < 1.29 is 19.0 Å². The maximum absolute atomic E-state index is 12.6. The maximum Gasteiger partial charge on any atom is 0.344 e. The lowest BCUT2D eigenvalue weighted by molar-refractivity contribution is -0.144. The number of hydrogen-bond donors (Lipinski definition) is 1. The summed E-state index contributed by atoms with van der Waals surface area (Å²) in [5, 5.41) is 8.60. The zero-order valence-electron chi connectivity index (χ0n) is 7.33. The Morgan fingerprint density at radius 2 is 2.29 bits per heavy atom. The molecule has 0 aliphatic rings. The highest BCUT2D eigenvalue weighted by Gasteiger charge is 2.14. The van der Waals surface area contributed by atoms with Gasteiger partial charge in [0.15, 0.2) is 6.10 Å². The van der Waals surface area contributed by atoms with Gasteiger partial charge in [0, 0.05) is 0 Å². The molecule has 76 valence electrons. The number of halogens is 2. The minimum Gasteiger partial charge on any atom is -0.479 e. The van der Waals surface area contributed by atoms with Gasteiger partial charge in [-0.1, -0.05) is 11.6 Å². The Balaban J connectivity index is 2.82. The third-order valence-electron chi connectivity index (χ3n) is 1.55. The van der Waals surface area contributed by atoms with E-state index in [9.17, 15) is 9.18 Å². The molecule has 1 atom stereocenters. The molecule has 0 aliphatic heterocycles. The molecule has 3 nitrogen and oxygen atoms in total. The molecular formula is C9H8ClFO3. The first-order valence-corrected chi connectivity index (χ1v) is 4.23. The molecule has 0 radical (unpaired) electrons. The molecule has 0 fully saturated rings. The second-order valence-corrected chi connectivity index (χ2v) is 3.08. The van der Waals surface area contributed by atoms with Gasteiger partial charge in [-0.3, -0.25) is 0 Å². The summed E-state index contributed by atoms with van der Waals surface area (Å²) in [6.45, 7) is 1.36. The number of carbonyl (C=O) groups is 1. The largest absolute Gasteiger partial charge is 0.479 e. The first-order valence-electron chi connectivity index (χ1n) is 3.85. The zero-order valence-corrected chi connectivity index (χ0v) is 8.08. The van der Waals surface area contributed by atoms with Gasteiger partial charge in [0.25, 0.3) is 0 Å². The number of rotatable bonds is 3. The lowest BCUT2D eigenvalue weighted by atomic mass is 10.3. The Hall–Kier alpha value is -1.29. The van der Waals surface area contributed by atoms with Gasteiger partial charge in [0.1, 0.15) is 11.6 Å². The molecule has 0 heterocycles. The van der Waals surface area contributed by atoms with Gasteiger partial charge in [-0.15, -0.1) is 0 Å². The van der Waals surface area contributed by atoms with Crippen molar-refractivity contribution in [1.29, 1.82) is 0 Å². The highest BCUT2D eigenvalue weighted by Crippen LogP contribution is 2.25. The van der Waals surface area contributed by atoms with Crippen LogP contribution in [-0.4, -0.2) is 17.2 Å². The van der Waals surface area contributed by atoms with Crippen molar-refractivity contribution in [3.8, 4) is 5.75 Å². The SMILES string of the molecule is C[C@H](Oc1ccc(F)cc1Cl)C(=O)O. The minimum absolute atomic E-state index is 0.0538. The van der Waals surface area contributed by atoms with E-state index >= 15 is 0 Å². The van der Waals surface area contributed by atoms with Crippen LogP contribution >= 0.6 is 11.6 Å². The van der Waals surface area contributed by atoms with Crippen LogP contribution in [0.25, 0.3) is 0 Å². The predicted octanol–water partition coefficient (Wildman–Crippen LogP) is 2.33. The monoisotopic (exact) mass is 218 g/mol. The number of aliphatic carboxylic acids is 1. The van der Waals surface area contributed by atoms with Crippen molar-refractivity contribution in [2.24, 2.45) is 0 Å². The lowest BCUT2D eigenvalue weighted by Gasteiger charge is -2.11. The Morgan fingerprint density at radius 1 is 1.64 bits per heavy atom. The van der Waals surface area contributed by atoms with E-state index in [1.165, 1.54) is 13.0 Å². The molecule has 0 aliphatic carbocycles. The predicted molar refractivity (Wildman–Crippen MR) is 49.1 cm³/mol. The Morgan fingerprint density at radius 3 is 2.79 bits per heavy atom. The van der Waals surface area contributed by atoms with Crippen LogP contribution in [0.1, 0.15) is 6.92 Å². The summed E-state index contributed by atoms with van der Waals surface area (Å²) in [6, 6.07) is 3.50. The summed E-state index contributed by atoms with van der Waals surface area (Å²) in [5.74, 6) is -1.45. The van der Waals surface area contributed by atoms with Gasteiger partial charge in [0.05, 0.1) is 5.02 Å². The van der Waals surface area contributed by atoms with Crippen molar-refractivity contribution in [2.45, 2.75) is 13.0 Å². The van der Waals surface area contributed by atoms with Gasteiger partial charge >= 0.3 is 5.97 Å². The summed E-state index contributed by atoms with van der Waals surface area (Å²) in [7, 11) is 0. The van der Waals surface area contributed by atoms with Gasteiger partial charge in [-0.2, -0.15) is 0 Å². The van der Waals surface area contributed by atoms with Crippen LogP contribution in [-0.2, 0) is 4.79 Å². The Kier molecular flexibility index (Phi) is 3.30. The fraction of sp³-hybridized carbons (Fsp3) is 0.222. The normalized spacial score (nSPS) is 12.2. The highest BCUT2D eigenvalue weighted by atomic mass is 35.5. The number of benzene rings is 1. The standard InChI is InChI=1S/C9H8ClFO3/c1-5(9(12)13)14-8-3-2-6(11)4-7(8)10/h2-5H,1H3,(H,12,13)/t5-/m0/s1. The van der Waals surface area contributed by atoms with Gasteiger partial charge in [-0.25, -0.2) is 9.18 Å². The van der Waals surface area contributed by atoms with E-state index in [4.69, 9.17) is 21.4 Å². The molecule has 0 spiro atoms. The average molecular weight is 219 g/mol. The molecule has 0 bridgehead atoms. The first kappa shape index (κ1) is 10.8. The molecule has 1 aromatic carbocycles. The quantitative estimate of drug-likeness (QED) is 0.847.